The fourth-order valence-electron chi connectivity index (χ4n) is 2.89. The van der Waals surface area contributed by atoms with E-state index in [0.29, 0.717) is 29.3 Å². The van der Waals surface area contributed by atoms with E-state index < -0.39 is 0 Å². The van der Waals surface area contributed by atoms with E-state index in [1.54, 1.807) is 12.1 Å². The standard InChI is InChI=1S/C20H25FN4O2/c1-13(2)25(3)19-17(20(26)23-11-16-5-4-10-27-16)12-22-18(24-19)14-6-8-15(21)9-7-14/h6-9,12-13,16H,4-5,10-11H2,1-3H3,(H,23,26). The van der Waals surface area contributed by atoms with Crippen LogP contribution >= 0.6 is 0 Å². The smallest absolute Gasteiger partial charge is 0.256 e. The van der Waals surface area contributed by atoms with E-state index in [1.807, 2.05) is 25.8 Å². The van der Waals surface area contributed by atoms with Crippen molar-refractivity contribution >= 4 is 11.7 Å². The highest BCUT2D eigenvalue weighted by molar-refractivity contribution is 5.99. The number of carbonyl (C=O) groups excluding carboxylic acids is 1. The predicted octanol–water partition coefficient (Wildman–Crippen LogP) is 3.04. The van der Waals surface area contributed by atoms with E-state index in [4.69, 9.17) is 4.74 Å². The Morgan fingerprint density at radius 1 is 1.37 bits per heavy atom. The van der Waals surface area contributed by atoms with Crippen molar-refractivity contribution in [3.8, 4) is 11.4 Å². The molecule has 1 aliphatic heterocycles. The number of nitrogens with zero attached hydrogens (tertiary/aromatic N) is 3. The summed E-state index contributed by atoms with van der Waals surface area (Å²) in [5.41, 5.74) is 1.11. The fourth-order valence-corrected chi connectivity index (χ4v) is 2.89. The van der Waals surface area contributed by atoms with Crippen molar-refractivity contribution < 1.29 is 13.9 Å². The summed E-state index contributed by atoms with van der Waals surface area (Å²) in [6.45, 7) is 5.27. The number of nitrogens with one attached hydrogen (secondary N) is 1. The number of hydrogen-bond donors (Lipinski definition) is 1. The molecule has 1 aromatic heterocycles. The number of amides is 1. The lowest BCUT2D eigenvalue weighted by atomic mass is 10.2. The van der Waals surface area contributed by atoms with Gasteiger partial charge in [-0.15, -0.1) is 0 Å². The molecule has 0 spiro atoms. The van der Waals surface area contributed by atoms with Gasteiger partial charge in [0.2, 0.25) is 0 Å². The van der Waals surface area contributed by atoms with Crippen molar-refractivity contribution in [3.05, 3.63) is 41.8 Å². The number of benzene rings is 1. The molecule has 6 nitrogen and oxygen atoms in total. The number of carbonyl (C=O) groups is 1. The predicted molar refractivity (Wildman–Crippen MR) is 102 cm³/mol. The minimum Gasteiger partial charge on any atom is -0.376 e. The highest BCUT2D eigenvalue weighted by Crippen LogP contribution is 2.23. The van der Waals surface area contributed by atoms with Crippen molar-refractivity contribution in [2.45, 2.75) is 38.8 Å². The van der Waals surface area contributed by atoms with Crippen LogP contribution in [0.4, 0.5) is 10.2 Å². The van der Waals surface area contributed by atoms with Crippen LogP contribution in [-0.4, -0.2) is 48.2 Å². The normalized spacial score (nSPS) is 16.6. The first kappa shape index (κ1) is 19.2. The number of halogens is 1. The number of rotatable bonds is 6. The third-order valence-corrected chi connectivity index (χ3v) is 4.74. The number of aromatic nitrogens is 2. The zero-order chi connectivity index (χ0) is 19.4. The van der Waals surface area contributed by atoms with Crippen LogP contribution in [0.5, 0.6) is 0 Å². The Morgan fingerprint density at radius 3 is 2.74 bits per heavy atom. The summed E-state index contributed by atoms with van der Waals surface area (Å²) in [5, 5.41) is 2.92. The lowest BCUT2D eigenvalue weighted by Crippen LogP contribution is -2.35. The van der Waals surface area contributed by atoms with Gasteiger partial charge in [0.25, 0.3) is 5.91 Å². The summed E-state index contributed by atoms with van der Waals surface area (Å²) in [6.07, 6.45) is 3.58. The molecule has 1 saturated heterocycles. The van der Waals surface area contributed by atoms with E-state index in [1.165, 1.54) is 18.3 Å². The monoisotopic (exact) mass is 372 g/mol. The first-order valence-electron chi connectivity index (χ1n) is 9.21. The summed E-state index contributed by atoms with van der Waals surface area (Å²) in [6, 6.07) is 6.13. The molecule has 0 saturated carbocycles. The second-order valence-electron chi connectivity index (χ2n) is 6.99. The molecule has 3 rings (SSSR count). The molecular weight excluding hydrogens is 347 g/mol. The van der Waals surface area contributed by atoms with Crippen molar-refractivity contribution in [2.24, 2.45) is 0 Å². The molecule has 1 fully saturated rings. The second-order valence-corrected chi connectivity index (χ2v) is 6.99. The van der Waals surface area contributed by atoms with Crippen LogP contribution in [0.25, 0.3) is 11.4 Å². The minimum atomic E-state index is -0.316. The van der Waals surface area contributed by atoms with E-state index in [0.717, 1.165) is 19.4 Å². The molecule has 7 heteroatoms. The van der Waals surface area contributed by atoms with Crippen molar-refractivity contribution in [3.63, 3.8) is 0 Å². The van der Waals surface area contributed by atoms with Gasteiger partial charge in [0.1, 0.15) is 17.2 Å². The average Bonchev–Trinajstić information content (AvgIpc) is 3.19. The molecular formula is C20H25FN4O2. The second kappa shape index (κ2) is 8.43. The van der Waals surface area contributed by atoms with Crippen LogP contribution in [0.3, 0.4) is 0 Å². The molecule has 2 heterocycles. The molecule has 1 amide bonds. The maximum atomic E-state index is 13.2. The lowest BCUT2D eigenvalue weighted by molar-refractivity contribution is 0.0857. The van der Waals surface area contributed by atoms with Gasteiger partial charge in [0.15, 0.2) is 5.82 Å². The zero-order valence-electron chi connectivity index (χ0n) is 15.9. The Morgan fingerprint density at radius 2 is 2.11 bits per heavy atom. The van der Waals surface area contributed by atoms with Crippen LogP contribution in [0.2, 0.25) is 0 Å². The van der Waals surface area contributed by atoms with Crippen LogP contribution in [0.15, 0.2) is 30.5 Å². The molecule has 0 aliphatic carbocycles. The quantitative estimate of drug-likeness (QED) is 0.844. The Balaban J connectivity index is 1.87. The molecule has 144 valence electrons. The third kappa shape index (κ3) is 4.60. The maximum Gasteiger partial charge on any atom is 0.256 e. The highest BCUT2D eigenvalue weighted by atomic mass is 19.1. The van der Waals surface area contributed by atoms with Gasteiger partial charge in [-0.3, -0.25) is 4.79 Å². The summed E-state index contributed by atoms with van der Waals surface area (Å²) in [4.78, 5) is 23.6. The molecule has 0 bridgehead atoms. The first-order valence-corrected chi connectivity index (χ1v) is 9.21. The summed E-state index contributed by atoms with van der Waals surface area (Å²) in [5.74, 6) is 0.458. The van der Waals surface area contributed by atoms with Gasteiger partial charge in [-0.2, -0.15) is 0 Å². The van der Waals surface area contributed by atoms with E-state index >= 15 is 0 Å². The lowest BCUT2D eigenvalue weighted by Gasteiger charge is -2.25. The highest BCUT2D eigenvalue weighted by Gasteiger charge is 2.22. The summed E-state index contributed by atoms with van der Waals surface area (Å²) in [7, 11) is 1.89. The Hall–Kier alpha value is -2.54. The van der Waals surface area contributed by atoms with E-state index in [-0.39, 0.29) is 23.9 Å². The van der Waals surface area contributed by atoms with Gasteiger partial charge in [0, 0.05) is 38.0 Å². The molecule has 1 N–H and O–H groups in total. The molecule has 1 aliphatic rings. The van der Waals surface area contributed by atoms with Gasteiger partial charge in [-0.05, 0) is 51.0 Å². The van der Waals surface area contributed by atoms with Gasteiger partial charge in [-0.25, -0.2) is 14.4 Å². The van der Waals surface area contributed by atoms with Crippen molar-refractivity contribution in [1.82, 2.24) is 15.3 Å². The molecule has 1 atom stereocenters. The molecule has 1 aromatic carbocycles. The Labute approximate surface area is 158 Å². The number of hydrogen-bond acceptors (Lipinski definition) is 5. The number of anilines is 1. The molecule has 27 heavy (non-hydrogen) atoms. The van der Waals surface area contributed by atoms with E-state index in [2.05, 4.69) is 15.3 Å². The Bertz CT molecular complexity index is 789. The SMILES string of the molecule is CC(C)N(C)c1nc(-c2ccc(F)cc2)ncc1C(=O)NCC1CCCO1. The average molecular weight is 372 g/mol. The Kier molecular flexibility index (Phi) is 6.01. The maximum absolute atomic E-state index is 13.2. The fraction of sp³-hybridized carbons (Fsp3) is 0.450. The van der Waals surface area contributed by atoms with Crippen LogP contribution in [0.1, 0.15) is 37.0 Å². The van der Waals surface area contributed by atoms with Gasteiger partial charge in [0.05, 0.1) is 6.10 Å². The summed E-state index contributed by atoms with van der Waals surface area (Å²) >= 11 is 0. The summed E-state index contributed by atoms with van der Waals surface area (Å²) < 4.78 is 18.7. The molecule has 0 radical (unpaired) electrons. The number of ether oxygens (including phenoxy) is 1. The molecule has 2 aromatic rings. The first-order chi connectivity index (χ1) is 13.0. The van der Waals surface area contributed by atoms with Gasteiger partial charge >= 0.3 is 0 Å². The van der Waals surface area contributed by atoms with Crippen LogP contribution in [0, 0.1) is 5.82 Å². The van der Waals surface area contributed by atoms with Crippen LogP contribution in [-0.2, 0) is 4.74 Å². The molecule has 1 unspecified atom stereocenters. The largest absolute Gasteiger partial charge is 0.376 e. The minimum absolute atomic E-state index is 0.0691. The zero-order valence-corrected chi connectivity index (χ0v) is 15.9. The van der Waals surface area contributed by atoms with Crippen molar-refractivity contribution in [2.75, 3.05) is 25.1 Å². The van der Waals surface area contributed by atoms with Crippen LogP contribution < -0.4 is 10.2 Å². The topological polar surface area (TPSA) is 67.4 Å². The van der Waals surface area contributed by atoms with Gasteiger partial charge < -0.3 is 15.0 Å². The van der Waals surface area contributed by atoms with Crippen molar-refractivity contribution in [1.29, 1.82) is 0 Å². The van der Waals surface area contributed by atoms with Gasteiger partial charge in [-0.1, -0.05) is 0 Å². The van der Waals surface area contributed by atoms with E-state index in [9.17, 15) is 9.18 Å². The third-order valence-electron chi connectivity index (χ3n) is 4.74.